The second-order valence-electron chi connectivity index (χ2n) is 6.86. The van der Waals surface area contributed by atoms with Gasteiger partial charge in [0.25, 0.3) is 11.5 Å². The van der Waals surface area contributed by atoms with Crippen molar-refractivity contribution in [1.82, 2.24) is 9.88 Å². The Bertz CT molecular complexity index is 957. The lowest BCUT2D eigenvalue weighted by atomic mass is 9.90. The number of nitrogens with zero attached hydrogens (tertiary/aromatic N) is 2. The number of hydrogen-bond acceptors (Lipinski definition) is 4. The smallest absolute Gasteiger partial charge is 0.266 e. The second kappa shape index (κ2) is 8.00. The van der Waals surface area contributed by atoms with Gasteiger partial charge in [-0.3, -0.25) is 14.4 Å². The number of aromatic amines is 1. The summed E-state index contributed by atoms with van der Waals surface area (Å²) >= 11 is 0. The summed E-state index contributed by atoms with van der Waals surface area (Å²) in [6, 6.07) is 11.4. The number of ketones is 1. The fourth-order valence-electron chi connectivity index (χ4n) is 3.52. The Morgan fingerprint density at radius 1 is 1.30 bits per heavy atom. The Hall–Kier alpha value is -3.20. The Kier molecular flexibility index (Phi) is 5.51. The van der Waals surface area contributed by atoms with E-state index in [0.29, 0.717) is 30.6 Å². The van der Waals surface area contributed by atoms with Gasteiger partial charge in [0.05, 0.1) is 5.56 Å². The number of nitrogens with one attached hydrogen (secondary N) is 1. The van der Waals surface area contributed by atoms with Crippen LogP contribution in [0.25, 0.3) is 0 Å². The predicted molar refractivity (Wildman–Crippen MR) is 100 cm³/mol. The Morgan fingerprint density at radius 2 is 2.04 bits per heavy atom. The standard InChI is InChI=1S/C21H21N3O3/c1-14-17(11-22)20(26)23-12-18(14)21(27)24-9-5-8-16(13-24)19(25)10-15-6-3-2-4-7-15/h2-4,6-7,12,16H,5,8-10,13H2,1H3,(H,23,26)/t16-/m0/s1. The van der Waals surface area contributed by atoms with Gasteiger partial charge < -0.3 is 9.88 Å². The molecule has 0 unspecified atom stereocenters. The molecule has 2 aromatic rings. The molecule has 1 saturated heterocycles. The molecule has 1 aliphatic heterocycles. The minimum Gasteiger partial charge on any atom is -0.338 e. The van der Waals surface area contributed by atoms with Gasteiger partial charge in [-0.25, -0.2) is 0 Å². The van der Waals surface area contributed by atoms with Gasteiger partial charge in [-0.05, 0) is 30.9 Å². The van der Waals surface area contributed by atoms with Crippen LogP contribution in [0.3, 0.4) is 0 Å². The number of hydrogen-bond donors (Lipinski definition) is 1. The number of nitriles is 1. The molecule has 0 spiro atoms. The number of likely N-dealkylation sites (tertiary alicyclic amines) is 1. The van der Waals surface area contributed by atoms with Gasteiger partial charge in [0.1, 0.15) is 17.4 Å². The molecule has 1 aromatic heterocycles. The third-order valence-corrected chi connectivity index (χ3v) is 5.08. The lowest BCUT2D eigenvalue weighted by Gasteiger charge is -2.32. The van der Waals surface area contributed by atoms with Crippen molar-refractivity contribution in [1.29, 1.82) is 5.26 Å². The molecule has 0 radical (unpaired) electrons. The highest BCUT2D eigenvalue weighted by Gasteiger charge is 2.30. The van der Waals surface area contributed by atoms with Crippen LogP contribution in [0.5, 0.6) is 0 Å². The van der Waals surface area contributed by atoms with Crippen molar-refractivity contribution < 1.29 is 9.59 Å². The van der Waals surface area contributed by atoms with Gasteiger partial charge >= 0.3 is 0 Å². The van der Waals surface area contributed by atoms with Gasteiger partial charge in [0, 0.05) is 31.6 Å². The van der Waals surface area contributed by atoms with Crippen LogP contribution in [0, 0.1) is 24.2 Å². The van der Waals surface area contributed by atoms with Crippen LogP contribution in [0.2, 0.25) is 0 Å². The number of rotatable bonds is 4. The van der Waals surface area contributed by atoms with E-state index < -0.39 is 5.56 Å². The number of carbonyl (C=O) groups is 2. The van der Waals surface area contributed by atoms with E-state index in [1.165, 1.54) is 6.20 Å². The third-order valence-electron chi connectivity index (χ3n) is 5.08. The van der Waals surface area contributed by atoms with Crippen molar-refractivity contribution >= 4 is 11.7 Å². The van der Waals surface area contributed by atoms with Gasteiger partial charge in [0.15, 0.2) is 0 Å². The van der Waals surface area contributed by atoms with Crippen LogP contribution in [0.4, 0.5) is 0 Å². The minimum atomic E-state index is -0.499. The SMILES string of the molecule is Cc1c(C(=O)N2CCC[C@H](C(=O)Cc3ccccc3)C2)c[nH]c(=O)c1C#N. The topological polar surface area (TPSA) is 94.0 Å². The maximum Gasteiger partial charge on any atom is 0.266 e. The molecule has 0 saturated carbocycles. The van der Waals surface area contributed by atoms with Crippen LogP contribution in [0.1, 0.15) is 39.9 Å². The lowest BCUT2D eigenvalue weighted by molar-refractivity contribution is -0.123. The Labute approximate surface area is 157 Å². The van der Waals surface area contributed by atoms with Gasteiger partial charge in [-0.15, -0.1) is 0 Å². The summed E-state index contributed by atoms with van der Waals surface area (Å²) in [6.07, 6.45) is 3.24. The zero-order chi connectivity index (χ0) is 19.4. The highest BCUT2D eigenvalue weighted by atomic mass is 16.2. The van der Waals surface area contributed by atoms with Gasteiger partial charge in [0.2, 0.25) is 0 Å². The first-order valence-electron chi connectivity index (χ1n) is 8.99. The van der Waals surface area contributed by atoms with Crippen molar-refractivity contribution in [3.8, 4) is 6.07 Å². The van der Waals surface area contributed by atoms with Crippen molar-refractivity contribution in [3.05, 3.63) is 69.1 Å². The first-order valence-corrected chi connectivity index (χ1v) is 8.99. The molecule has 1 fully saturated rings. The lowest BCUT2D eigenvalue weighted by Crippen LogP contribution is -2.43. The number of H-pyrrole nitrogens is 1. The number of piperidine rings is 1. The van der Waals surface area contributed by atoms with Crippen LogP contribution >= 0.6 is 0 Å². The fraction of sp³-hybridized carbons (Fsp3) is 0.333. The van der Waals surface area contributed by atoms with E-state index in [4.69, 9.17) is 5.26 Å². The summed E-state index contributed by atoms with van der Waals surface area (Å²) in [7, 11) is 0. The van der Waals surface area contributed by atoms with E-state index in [9.17, 15) is 14.4 Å². The number of carbonyl (C=O) groups excluding carboxylic acids is 2. The van der Waals surface area contributed by atoms with E-state index >= 15 is 0 Å². The van der Waals surface area contributed by atoms with Crippen LogP contribution < -0.4 is 5.56 Å². The number of aromatic nitrogens is 1. The van der Waals surface area contributed by atoms with Crippen molar-refractivity contribution in [2.24, 2.45) is 5.92 Å². The molecule has 1 atom stereocenters. The monoisotopic (exact) mass is 363 g/mol. The first-order chi connectivity index (χ1) is 13.0. The van der Waals surface area contributed by atoms with Crippen molar-refractivity contribution in [2.45, 2.75) is 26.2 Å². The van der Waals surface area contributed by atoms with E-state index in [1.807, 2.05) is 36.4 Å². The van der Waals surface area contributed by atoms with E-state index in [-0.39, 0.29) is 23.2 Å². The second-order valence-corrected chi connectivity index (χ2v) is 6.86. The van der Waals surface area contributed by atoms with Crippen LogP contribution in [-0.4, -0.2) is 34.7 Å². The molecule has 2 heterocycles. The zero-order valence-electron chi connectivity index (χ0n) is 15.2. The Balaban J connectivity index is 1.75. The highest BCUT2D eigenvalue weighted by Crippen LogP contribution is 2.22. The van der Waals surface area contributed by atoms with Crippen molar-refractivity contribution in [2.75, 3.05) is 13.1 Å². The summed E-state index contributed by atoms with van der Waals surface area (Å²) in [6.45, 7) is 2.53. The molecule has 1 N–H and O–H groups in total. The molecular weight excluding hydrogens is 342 g/mol. The fourth-order valence-corrected chi connectivity index (χ4v) is 3.52. The summed E-state index contributed by atoms with van der Waals surface area (Å²) < 4.78 is 0. The molecule has 6 nitrogen and oxygen atoms in total. The number of pyridine rings is 1. The molecule has 1 amide bonds. The average molecular weight is 363 g/mol. The van der Waals surface area contributed by atoms with E-state index in [1.54, 1.807) is 11.8 Å². The molecule has 3 rings (SSSR count). The summed E-state index contributed by atoms with van der Waals surface area (Å²) in [5.41, 5.74) is 1.11. The summed E-state index contributed by atoms with van der Waals surface area (Å²) in [5, 5.41) is 9.13. The van der Waals surface area contributed by atoms with Crippen LogP contribution in [-0.2, 0) is 11.2 Å². The number of amides is 1. The number of Topliss-reactive ketones (excluding diaryl/α,β-unsaturated/α-hetero) is 1. The van der Waals surface area contributed by atoms with Gasteiger partial charge in [-0.1, -0.05) is 30.3 Å². The molecule has 27 heavy (non-hydrogen) atoms. The van der Waals surface area contributed by atoms with Crippen molar-refractivity contribution in [3.63, 3.8) is 0 Å². The van der Waals surface area contributed by atoms with Gasteiger partial charge in [-0.2, -0.15) is 5.26 Å². The minimum absolute atomic E-state index is 0.0467. The Morgan fingerprint density at radius 3 is 2.74 bits per heavy atom. The highest BCUT2D eigenvalue weighted by molar-refractivity contribution is 5.96. The normalized spacial score (nSPS) is 16.6. The average Bonchev–Trinajstić information content (AvgIpc) is 2.69. The van der Waals surface area contributed by atoms with E-state index in [2.05, 4.69) is 4.98 Å². The summed E-state index contributed by atoms with van der Waals surface area (Å²) in [5.74, 6) is -0.312. The van der Waals surface area contributed by atoms with Crippen LogP contribution in [0.15, 0.2) is 41.3 Å². The largest absolute Gasteiger partial charge is 0.338 e. The molecule has 138 valence electrons. The summed E-state index contributed by atoms with van der Waals surface area (Å²) in [4.78, 5) is 41.4. The third kappa shape index (κ3) is 3.98. The predicted octanol–water partition coefficient (Wildman–Crippen LogP) is 2.22. The molecule has 6 heteroatoms. The molecule has 1 aromatic carbocycles. The molecule has 0 aliphatic carbocycles. The zero-order valence-corrected chi connectivity index (χ0v) is 15.2. The molecule has 1 aliphatic rings. The molecular formula is C21H21N3O3. The maximum absolute atomic E-state index is 12.9. The van der Waals surface area contributed by atoms with E-state index in [0.717, 1.165) is 18.4 Å². The quantitative estimate of drug-likeness (QED) is 0.901. The first kappa shape index (κ1) is 18.6. The number of benzene rings is 1. The maximum atomic E-state index is 12.9. The molecule has 0 bridgehead atoms.